The van der Waals surface area contributed by atoms with Crippen LogP contribution in [0.4, 0.5) is 4.39 Å². The van der Waals surface area contributed by atoms with Crippen molar-refractivity contribution in [2.24, 2.45) is 0 Å². The molecule has 0 saturated heterocycles. The lowest BCUT2D eigenvalue weighted by molar-refractivity contribution is 0.620. The van der Waals surface area contributed by atoms with Gasteiger partial charge < -0.3 is 9.55 Å². The number of imidazole rings is 1. The van der Waals surface area contributed by atoms with E-state index in [1.807, 2.05) is 4.57 Å². The average molecular weight is 341 g/mol. The van der Waals surface area contributed by atoms with Gasteiger partial charge in [-0.25, -0.2) is 4.39 Å². The lowest BCUT2D eigenvalue weighted by Crippen LogP contribution is -1.99. The standard InChI is InChI=1S/C14H14BrFN2S/c15-10-7-12-13(8-11(10)16)18(14(19)17-12)6-5-9-3-1-2-4-9/h3,7-8H,1-2,4-6H2,(H,17,19). The molecule has 1 aromatic heterocycles. The number of hydrogen-bond acceptors (Lipinski definition) is 1. The number of nitrogens with zero attached hydrogens (tertiary/aromatic N) is 1. The minimum Gasteiger partial charge on any atom is -0.331 e. The fraction of sp³-hybridized carbons (Fsp3) is 0.357. The van der Waals surface area contributed by atoms with E-state index in [1.165, 1.54) is 30.9 Å². The minimum atomic E-state index is -0.254. The molecule has 1 heterocycles. The number of nitrogens with one attached hydrogen (secondary N) is 1. The molecule has 0 atom stereocenters. The molecule has 2 aromatic rings. The number of hydrogen-bond donors (Lipinski definition) is 1. The molecule has 0 fully saturated rings. The Morgan fingerprint density at radius 3 is 3.00 bits per heavy atom. The Morgan fingerprint density at radius 1 is 1.42 bits per heavy atom. The molecule has 19 heavy (non-hydrogen) atoms. The van der Waals surface area contributed by atoms with Gasteiger partial charge in [0.2, 0.25) is 0 Å². The molecule has 0 radical (unpaired) electrons. The Balaban J connectivity index is 1.95. The highest BCUT2D eigenvalue weighted by Crippen LogP contribution is 2.25. The molecule has 100 valence electrons. The second-order valence-corrected chi connectivity index (χ2v) is 6.11. The number of allylic oxidation sites excluding steroid dienone is 2. The fourth-order valence-electron chi connectivity index (χ4n) is 2.59. The second-order valence-electron chi connectivity index (χ2n) is 4.87. The van der Waals surface area contributed by atoms with Crippen LogP contribution in [0.25, 0.3) is 11.0 Å². The van der Waals surface area contributed by atoms with E-state index in [1.54, 1.807) is 6.07 Å². The first-order chi connectivity index (χ1) is 9.15. The van der Waals surface area contributed by atoms with E-state index in [2.05, 4.69) is 27.0 Å². The largest absolute Gasteiger partial charge is 0.331 e. The van der Waals surface area contributed by atoms with E-state index < -0.39 is 0 Å². The molecule has 1 aliphatic rings. The Hall–Kier alpha value is -0.940. The molecule has 0 bridgehead atoms. The summed E-state index contributed by atoms with van der Waals surface area (Å²) in [7, 11) is 0. The van der Waals surface area contributed by atoms with Crippen molar-refractivity contribution in [1.82, 2.24) is 9.55 Å². The molecule has 1 aliphatic carbocycles. The lowest BCUT2D eigenvalue weighted by Gasteiger charge is -2.06. The van der Waals surface area contributed by atoms with Crippen LogP contribution < -0.4 is 0 Å². The third-order valence-corrected chi connectivity index (χ3v) is 4.54. The van der Waals surface area contributed by atoms with Gasteiger partial charge in [-0.2, -0.15) is 0 Å². The van der Waals surface area contributed by atoms with Crippen LogP contribution in [-0.4, -0.2) is 9.55 Å². The molecule has 2 nitrogen and oxygen atoms in total. The highest BCUT2D eigenvalue weighted by atomic mass is 79.9. The SMILES string of the molecule is Fc1cc2c(cc1Br)[nH]c(=S)n2CCC1=CCCC1. The van der Waals surface area contributed by atoms with Crippen LogP contribution in [0.2, 0.25) is 0 Å². The van der Waals surface area contributed by atoms with Crippen LogP contribution in [-0.2, 0) is 6.54 Å². The highest BCUT2D eigenvalue weighted by Gasteiger charge is 2.10. The summed E-state index contributed by atoms with van der Waals surface area (Å²) in [5.74, 6) is -0.254. The van der Waals surface area contributed by atoms with E-state index in [9.17, 15) is 4.39 Å². The van der Waals surface area contributed by atoms with Gasteiger partial charge in [-0.3, -0.25) is 0 Å². The van der Waals surface area contributed by atoms with Gasteiger partial charge >= 0.3 is 0 Å². The lowest BCUT2D eigenvalue weighted by atomic mass is 10.1. The van der Waals surface area contributed by atoms with Gasteiger partial charge in [0.05, 0.1) is 15.5 Å². The van der Waals surface area contributed by atoms with Crippen molar-refractivity contribution >= 4 is 39.2 Å². The molecule has 3 rings (SSSR count). The van der Waals surface area contributed by atoms with E-state index in [-0.39, 0.29) is 5.82 Å². The van der Waals surface area contributed by atoms with Crippen LogP contribution in [0.3, 0.4) is 0 Å². The molecule has 1 aromatic carbocycles. The Morgan fingerprint density at radius 2 is 2.26 bits per heavy atom. The van der Waals surface area contributed by atoms with Crippen molar-refractivity contribution in [2.75, 3.05) is 0 Å². The summed E-state index contributed by atoms with van der Waals surface area (Å²) in [6.07, 6.45) is 6.95. The number of fused-ring (bicyclic) bond motifs is 1. The molecular weight excluding hydrogens is 327 g/mol. The number of aryl methyl sites for hydroxylation is 1. The maximum absolute atomic E-state index is 13.7. The Bertz CT molecular complexity index is 714. The fourth-order valence-corrected chi connectivity index (χ4v) is 3.24. The summed E-state index contributed by atoms with van der Waals surface area (Å²) in [5, 5.41) is 0. The summed E-state index contributed by atoms with van der Waals surface area (Å²) < 4.78 is 16.8. The first-order valence-electron chi connectivity index (χ1n) is 6.40. The van der Waals surface area contributed by atoms with Gasteiger partial charge in [0, 0.05) is 12.6 Å². The molecule has 5 heteroatoms. The van der Waals surface area contributed by atoms with Crippen molar-refractivity contribution in [3.05, 3.63) is 38.8 Å². The van der Waals surface area contributed by atoms with E-state index in [0.29, 0.717) is 9.24 Å². The second kappa shape index (κ2) is 5.21. The van der Waals surface area contributed by atoms with Crippen molar-refractivity contribution in [2.45, 2.75) is 32.2 Å². The zero-order valence-electron chi connectivity index (χ0n) is 10.4. The first-order valence-corrected chi connectivity index (χ1v) is 7.61. The Kier molecular flexibility index (Phi) is 3.58. The number of aromatic nitrogens is 2. The number of halogens is 2. The van der Waals surface area contributed by atoms with Crippen LogP contribution in [0, 0.1) is 10.6 Å². The van der Waals surface area contributed by atoms with Gasteiger partial charge in [-0.15, -0.1) is 0 Å². The third kappa shape index (κ3) is 2.54. The quantitative estimate of drug-likeness (QED) is 0.608. The monoisotopic (exact) mass is 340 g/mol. The number of benzene rings is 1. The molecule has 0 amide bonds. The van der Waals surface area contributed by atoms with Gasteiger partial charge in [0.15, 0.2) is 4.77 Å². The van der Waals surface area contributed by atoms with Crippen molar-refractivity contribution in [3.8, 4) is 0 Å². The van der Waals surface area contributed by atoms with E-state index >= 15 is 0 Å². The molecular formula is C14H14BrFN2S. The topological polar surface area (TPSA) is 20.7 Å². The van der Waals surface area contributed by atoms with Crippen molar-refractivity contribution < 1.29 is 4.39 Å². The summed E-state index contributed by atoms with van der Waals surface area (Å²) in [4.78, 5) is 3.13. The summed E-state index contributed by atoms with van der Waals surface area (Å²) in [5.41, 5.74) is 3.21. The molecule has 0 saturated carbocycles. The zero-order chi connectivity index (χ0) is 13.4. The number of H-pyrrole nitrogens is 1. The maximum atomic E-state index is 13.7. The summed E-state index contributed by atoms with van der Waals surface area (Å²) in [6, 6.07) is 3.28. The predicted molar refractivity (Wildman–Crippen MR) is 81.3 cm³/mol. The van der Waals surface area contributed by atoms with Crippen LogP contribution in [0.15, 0.2) is 28.3 Å². The predicted octanol–water partition coefficient (Wildman–Crippen LogP) is 5.10. The highest BCUT2D eigenvalue weighted by molar-refractivity contribution is 9.10. The van der Waals surface area contributed by atoms with Gasteiger partial charge in [-0.1, -0.05) is 11.6 Å². The van der Waals surface area contributed by atoms with Crippen molar-refractivity contribution in [3.63, 3.8) is 0 Å². The third-order valence-electron chi connectivity index (χ3n) is 3.61. The molecule has 0 aliphatic heterocycles. The zero-order valence-corrected chi connectivity index (χ0v) is 12.8. The van der Waals surface area contributed by atoms with Gasteiger partial charge in [0.25, 0.3) is 0 Å². The molecule has 0 unspecified atom stereocenters. The van der Waals surface area contributed by atoms with Gasteiger partial charge in [0.1, 0.15) is 5.82 Å². The minimum absolute atomic E-state index is 0.254. The van der Waals surface area contributed by atoms with Crippen molar-refractivity contribution in [1.29, 1.82) is 0 Å². The number of aromatic amines is 1. The number of rotatable bonds is 3. The summed E-state index contributed by atoms with van der Waals surface area (Å²) in [6.45, 7) is 0.811. The van der Waals surface area contributed by atoms with Crippen LogP contribution >= 0.6 is 28.1 Å². The first kappa shape index (κ1) is 13.1. The Labute approximate surface area is 124 Å². The summed E-state index contributed by atoms with van der Waals surface area (Å²) >= 11 is 8.53. The smallest absolute Gasteiger partial charge is 0.178 e. The van der Waals surface area contributed by atoms with E-state index in [0.717, 1.165) is 24.0 Å². The molecule has 1 N–H and O–H groups in total. The normalized spacial score (nSPS) is 15.2. The maximum Gasteiger partial charge on any atom is 0.178 e. The molecule has 0 spiro atoms. The van der Waals surface area contributed by atoms with Crippen LogP contribution in [0.5, 0.6) is 0 Å². The van der Waals surface area contributed by atoms with Gasteiger partial charge in [-0.05, 0) is 59.9 Å². The average Bonchev–Trinajstić information content (AvgIpc) is 2.96. The van der Waals surface area contributed by atoms with E-state index in [4.69, 9.17) is 12.2 Å². The van der Waals surface area contributed by atoms with Crippen LogP contribution in [0.1, 0.15) is 25.7 Å².